The highest BCUT2D eigenvalue weighted by Crippen LogP contribution is 2.23. The van der Waals surface area contributed by atoms with E-state index in [0.717, 1.165) is 25.6 Å². The van der Waals surface area contributed by atoms with Gasteiger partial charge in [-0.2, -0.15) is 0 Å². The summed E-state index contributed by atoms with van der Waals surface area (Å²) in [6, 6.07) is 6.85. The number of nitrogens with zero attached hydrogens (tertiary/aromatic N) is 1. The molecule has 2 heteroatoms. The second-order valence-electron chi connectivity index (χ2n) is 5.96. The van der Waals surface area contributed by atoms with Crippen LogP contribution in [0.3, 0.4) is 0 Å². The highest BCUT2D eigenvalue weighted by Gasteiger charge is 2.19. The number of hydrogen-bond donors (Lipinski definition) is 1. The molecule has 0 spiro atoms. The molecule has 0 aromatic heterocycles. The van der Waals surface area contributed by atoms with Crippen molar-refractivity contribution in [3.05, 3.63) is 34.9 Å². The standard InChI is InChI=1S/C16H24N2/c1-13-4-3-9-18(11-13)12-15-6-2-5-14-10-17-8-7-16(14)15/h2,5-6,13,17H,3-4,7-12H2,1H3. The maximum absolute atomic E-state index is 3.47. The fourth-order valence-electron chi connectivity index (χ4n) is 3.43. The number of benzene rings is 1. The average Bonchev–Trinajstić information content (AvgIpc) is 2.39. The predicted octanol–water partition coefficient (Wildman–Crippen LogP) is 2.56. The molecule has 1 fully saturated rings. The summed E-state index contributed by atoms with van der Waals surface area (Å²) >= 11 is 0. The van der Waals surface area contributed by atoms with Gasteiger partial charge in [0.2, 0.25) is 0 Å². The monoisotopic (exact) mass is 244 g/mol. The normalized spacial score (nSPS) is 24.8. The maximum Gasteiger partial charge on any atom is 0.0236 e. The van der Waals surface area contributed by atoms with Crippen LogP contribution in [-0.2, 0) is 19.5 Å². The second kappa shape index (κ2) is 5.41. The van der Waals surface area contributed by atoms with Gasteiger partial charge in [0.05, 0.1) is 0 Å². The molecular formula is C16H24N2. The first kappa shape index (κ1) is 12.2. The third kappa shape index (κ3) is 2.60. The van der Waals surface area contributed by atoms with E-state index in [1.807, 2.05) is 0 Å². The van der Waals surface area contributed by atoms with Gasteiger partial charge < -0.3 is 5.32 Å². The fraction of sp³-hybridized carbons (Fsp3) is 0.625. The van der Waals surface area contributed by atoms with E-state index >= 15 is 0 Å². The number of nitrogens with one attached hydrogen (secondary N) is 1. The van der Waals surface area contributed by atoms with E-state index in [4.69, 9.17) is 0 Å². The van der Waals surface area contributed by atoms with Crippen molar-refractivity contribution in [2.45, 2.75) is 39.3 Å². The molecule has 1 aromatic carbocycles. The predicted molar refractivity (Wildman–Crippen MR) is 75.5 cm³/mol. The lowest BCUT2D eigenvalue weighted by Gasteiger charge is -2.32. The molecule has 1 unspecified atom stereocenters. The third-order valence-corrected chi connectivity index (χ3v) is 4.37. The number of rotatable bonds is 2. The molecule has 0 amide bonds. The summed E-state index contributed by atoms with van der Waals surface area (Å²) < 4.78 is 0. The summed E-state index contributed by atoms with van der Waals surface area (Å²) in [5.74, 6) is 0.875. The lowest BCUT2D eigenvalue weighted by molar-refractivity contribution is 0.176. The first-order valence-corrected chi connectivity index (χ1v) is 7.35. The fourth-order valence-corrected chi connectivity index (χ4v) is 3.43. The van der Waals surface area contributed by atoms with Crippen molar-refractivity contribution in [3.8, 4) is 0 Å². The molecule has 2 nitrogen and oxygen atoms in total. The van der Waals surface area contributed by atoms with Crippen LogP contribution in [0, 0.1) is 5.92 Å². The summed E-state index contributed by atoms with van der Waals surface area (Å²) in [7, 11) is 0. The second-order valence-corrected chi connectivity index (χ2v) is 5.96. The highest BCUT2D eigenvalue weighted by molar-refractivity contribution is 5.37. The molecule has 0 radical (unpaired) electrons. The Labute approximate surface area is 110 Å². The van der Waals surface area contributed by atoms with Crippen LogP contribution >= 0.6 is 0 Å². The van der Waals surface area contributed by atoms with Crippen molar-refractivity contribution in [1.29, 1.82) is 0 Å². The topological polar surface area (TPSA) is 15.3 Å². The van der Waals surface area contributed by atoms with Crippen LogP contribution in [0.4, 0.5) is 0 Å². The van der Waals surface area contributed by atoms with Crippen LogP contribution in [-0.4, -0.2) is 24.5 Å². The van der Waals surface area contributed by atoms with Gasteiger partial charge in [0.15, 0.2) is 0 Å². The highest BCUT2D eigenvalue weighted by atomic mass is 15.1. The van der Waals surface area contributed by atoms with E-state index in [-0.39, 0.29) is 0 Å². The van der Waals surface area contributed by atoms with Gasteiger partial charge in [0, 0.05) is 19.6 Å². The zero-order valence-corrected chi connectivity index (χ0v) is 11.4. The van der Waals surface area contributed by atoms with Crippen LogP contribution in [0.2, 0.25) is 0 Å². The van der Waals surface area contributed by atoms with Gasteiger partial charge in [0.25, 0.3) is 0 Å². The molecule has 0 aliphatic carbocycles. The quantitative estimate of drug-likeness (QED) is 0.860. The Hall–Kier alpha value is -0.860. The van der Waals surface area contributed by atoms with Gasteiger partial charge in [-0.05, 0) is 55.0 Å². The SMILES string of the molecule is CC1CCCN(Cc2cccc3c2CCNC3)C1. The first-order valence-electron chi connectivity index (χ1n) is 7.35. The van der Waals surface area contributed by atoms with E-state index in [9.17, 15) is 0 Å². The van der Waals surface area contributed by atoms with Gasteiger partial charge in [-0.3, -0.25) is 4.90 Å². The molecule has 2 aliphatic heterocycles. The van der Waals surface area contributed by atoms with Gasteiger partial charge in [-0.15, -0.1) is 0 Å². The molecule has 2 aliphatic rings. The molecule has 1 aromatic rings. The van der Waals surface area contributed by atoms with Gasteiger partial charge in [0.1, 0.15) is 0 Å². The number of fused-ring (bicyclic) bond motifs is 1. The number of piperidine rings is 1. The lowest BCUT2D eigenvalue weighted by Crippen LogP contribution is -2.34. The van der Waals surface area contributed by atoms with E-state index in [1.165, 1.54) is 37.9 Å². The Kier molecular flexibility index (Phi) is 3.67. The summed E-state index contributed by atoms with van der Waals surface area (Å²) in [5, 5.41) is 3.47. The van der Waals surface area contributed by atoms with Gasteiger partial charge in [-0.25, -0.2) is 0 Å². The minimum absolute atomic E-state index is 0.875. The van der Waals surface area contributed by atoms with Crippen LogP contribution in [0.5, 0.6) is 0 Å². The molecule has 1 N–H and O–H groups in total. The molecule has 18 heavy (non-hydrogen) atoms. The van der Waals surface area contributed by atoms with Crippen LogP contribution in [0.1, 0.15) is 36.5 Å². The Morgan fingerprint density at radius 1 is 1.39 bits per heavy atom. The Bertz CT molecular complexity index is 414. The zero-order valence-electron chi connectivity index (χ0n) is 11.4. The van der Waals surface area contributed by atoms with Crippen LogP contribution in [0.15, 0.2) is 18.2 Å². The van der Waals surface area contributed by atoms with Gasteiger partial charge in [-0.1, -0.05) is 25.1 Å². The summed E-state index contributed by atoms with van der Waals surface area (Å²) in [6.07, 6.45) is 3.99. The molecule has 0 bridgehead atoms. The molecule has 3 rings (SSSR count). The minimum Gasteiger partial charge on any atom is -0.312 e. The largest absolute Gasteiger partial charge is 0.312 e. The molecule has 1 saturated heterocycles. The molecule has 2 heterocycles. The molecule has 0 saturated carbocycles. The average molecular weight is 244 g/mol. The third-order valence-electron chi connectivity index (χ3n) is 4.37. The zero-order chi connectivity index (χ0) is 12.4. The summed E-state index contributed by atoms with van der Waals surface area (Å²) in [5.41, 5.74) is 4.71. The van der Waals surface area contributed by atoms with Crippen molar-refractivity contribution in [3.63, 3.8) is 0 Å². The van der Waals surface area contributed by atoms with Crippen molar-refractivity contribution >= 4 is 0 Å². The van der Waals surface area contributed by atoms with E-state index < -0.39 is 0 Å². The minimum atomic E-state index is 0.875. The Morgan fingerprint density at radius 2 is 2.33 bits per heavy atom. The summed E-state index contributed by atoms with van der Waals surface area (Å²) in [6.45, 7) is 8.30. The number of likely N-dealkylation sites (tertiary alicyclic amines) is 1. The summed E-state index contributed by atoms with van der Waals surface area (Å²) in [4.78, 5) is 2.64. The van der Waals surface area contributed by atoms with Crippen molar-refractivity contribution < 1.29 is 0 Å². The van der Waals surface area contributed by atoms with Crippen molar-refractivity contribution in [2.24, 2.45) is 5.92 Å². The smallest absolute Gasteiger partial charge is 0.0236 e. The van der Waals surface area contributed by atoms with Crippen molar-refractivity contribution in [1.82, 2.24) is 10.2 Å². The molecular weight excluding hydrogens is 220 g/mol. The Morgan fingerprint density at radius 3 is 3.22 bits per heavy atom. The van der Waals surface area contributed by atoms with Gasteiger partial charge >= 0.3 is 0 Å². The first-order chi connectivity index (χ1) is 8.83. The van der Waals surface area contributed by atoms with Crippen LogP contribution in [0.25, 0.3) is 0 Å². The van der Waals surface area contributed by atoms with E-state index in [1.54, 1.807) is 11.1 Å². The van der Waals surface area contributed by atoms with Crippen molar-refractivity contribution in [2.75, 3.05) is 19.6 Å². The molecule has 1 atom stereocenters. The van der Waals surface area contributed by atoms with E-state index in [0.29, 0.717) is 0 Å². The number of hydrogen-bond acceptors (Lipinski definition) is 2. The Balaban J connectivity index is 1.76. The van der Waals surface area contributed by atoms with Crippen LogP contribution < -0.4 is 5.32 Å². The van der Waals surface area contributed by atoms with E-state index in [2.05, 4.69) is 35.3 Å². The lowest BCUT2D eigenvalue weighted by atomic mass is 9.94. The maximum atomic E-state index is 3.47. The molecule has 98 valence electrons.